The van der Waals surface area contributed by atoms with E-state index >= 15 is 0 Å². The summed E-state index contributed by atoms with van der Waals surface area (Å²) < 4.78 is 5.43. The van der Waals surface area contributed by atoms with Gasteiger partial charge in [-0.15, -0.1) is 0 Å². The minimum atomic E-state index is -0.353. The number of fused-ring (bicyclic) bond motifs is 5. The van der Waals surface area contributed by atoms with E-state index in [1.54, 1.807) is 0 Å². The van der Waals surface area contributed by atoms with E-state index in [1.165, 1.54) is 6.92 Å². The van der Waals surface area contributed by atoms with Crippen molar-refractivity contribution in [3.8, 4) is 0 Å². The van der Waals surface area contributed by atoms with Gasteiger partial charge in [0.15, 0.2) is 0 Å². The zero-order chi connectivity index (χ0) is 18.9. The Kier molecular flexibility index (Phi) is 3.95. The molecule has 0 heterocycles. The zero-order valence-corrected chi connectivity index (χ0v) is 16.6. The fourth-order valence-corrected chi connectivity index (χ4v) is 7.47. The molecule has 0 saturated heterocycles. The molecule has 26 heavy (non-hydrogen) atoms. The van der Waals surface area contributed by atoms with Gasteiger partial charge in [0, 0.05) is 30.6 Å². The van der Waals surface area contributed by atoms with Crippen molar-refractivity contribution in [3.05, 3.63) is 0 Å². The number of rotatable bonds is 1. The summed E-state index contributed by atoms with van der Waals surface area (Å²) in [4.78, 5) is 37.3. The molecule has 4 aliphatic rings. The number of carbonyl (C=O) groups excluding carboxylic acids is 3. The Morgan fingerprint density at radius 2 is 1.73 bits per heavy atom. The Hall–Kier alpha value is -1.19. The maximum absolute atomic E-state index is 13.3. The van der Waals surface area contributed by atoms with Gasteiger partial charge in [-0.3, -0.25) is 14.4 Å². The summed E-state index contributed by atoms with van der Waals surface area (Å²) in [7, 11) is 0. The Balaban J connectivity index is 1.66. The molecule has 0 bridgehead atoms. The third-order valence-corrected chi connectivity index (χ3v) is 9.22. The first-order valence-electron chi connectivity index (χ1n) is 10.4. The van der Waals surface area contributed by atoms with Gasteiger partial charge in [-0.05, 0) is 61.7 Å². The number of ether oxygens (including phenoxy) is 1. The normalized spacial score (nSPS) is 50.6. The van der Waals surface area contributed by atoms with Crippen molar-refractivity contribution in [2.45, 2.75) is 85.2 Å². The molecule has 0 radical (unpaired) electrons. The minimum absolute atomic E-state index is 0.0450. The fourth-order valence-electron chi connectivity index (χ4n) is 7.47. The van der Waals surface area contributed by atoms with Crippen LogP contribution in [-0.4, -0.2) is 23.6 Å². The Morgan fingerprint density at radius 1 is 1.00 bits per heavy atom. The van der Waals surface area contributed by atoms with Crippen molar-refractivity contribution in [2.24, 2.45) is 34.0 Å². The van der Waals surface area contributed by atoms with Crippen LogP contribution in [0.15, 0.2) is 0 Å². The predicted octanol–water partition coefficient (Wildman–Crippen LogP) is 4.10. The Labute approximate surface area is 156 Å². The van der Waals surface area contributed by atoms with E-state index in [1.807, 2.05) is 0 Å². The molecule has 7 atom stereocenters. The molecule has 4 aliphatic carbocycles. The second-order valence-electron chi connectivity index (χ2n) is 10.1. The first-order valence-corrected chi connectivity index (χ1v) is 10.4. The number of esters is 1. The van der Waals surface area contributed by atoms with Gasteiger partial charge >= 0.3 is 5.97 Å². The molecule has 0 aromatic rings. The van der Waals surface area contributed by atoms with Crippen LogP contribution < -0.4 is 0 Å². The lowest BCUT2D eigenvalue weighted by Crippen LogP contribution is -2.45. The molecule has 0 unspecified atom stereocenters. The molecule has 4 fully saturated rings. The topological polar surface area (TPSA) is 60.4 Å². The van der Waals surface area contributed by atoms with E-state index < -0.39 is 0 Å². The second kappa shape index (κ2) is 5.65. The lowest BCUT2D eigenvalue weighted by molar-refractivity contribution is -0.148. The van der Waals surface area contributed by atoms with Crippen molar-refractivity contribution in [1.29, 1.82) is 0 Å². The van der Waals surface area contributed by atoms with E-state index in [-0.39, 0.29) is 34.1 Å². The lowest BCUT2D eigenvalue weighted by atomic mass is 9.55. The van der Waals surface area contributed by atoms with Crippen molar-refractivity contribution in [3.63, 3.8) is 0 Å². The molecule has 4 saturated carbocycles. The van der Waals surface area contributed by atoms with Gasteiger partial charge < -0.3 is 4.74 Å². The maximum atomic E-state index is 13.3. The fraction of sp³-hybridized carbons (Fsp3) is 0.864. The van der Waals surface area contributed by atoms with Gasteiger partial charge in [-0.1, -0.05) is 20.8 Å². The highest BCUT2D eigenvalue weighted by Crippen LogP contribution is 2.71. The summed E-state index contributed by atoms with van der Waals surface area (Å²) in [5, 5.41) is 0. The van der Waals surface area contributed by atoms with Crippen LogP contribution in [0.3, 0.4) is 0 Å². The smallest absolute Gasteiger partial charge is 0.302 e. The highest BCUT2D eigenvalue weighted by atomic mass is 16.5. The minimum Gasteiger partial charge on any atom is -0.462 e. The van der Waals surface area contributed by atoms with Crippen molar-refractivity contribution < 1.29 is 19.1 Å². The molecule has 0 aromatic carbocycles. The summed E-state index contributed by atoms with van der Waals surface area (Å²) in [6, 6.07) is 0. The molecule has 4 rings (SSSR count). The highest BCUT2D eigenvalue weighted by Gasteiger charge is 2.67. The van der Waals surface area contributed by atoms with Crippen LogP contribution >= 0.6 is 0 Å². The number of ketones is 2. The molecular formula is C22H32O4. The first-order chi connectivity index (χ1) is 12.1. The van der Waals surface area contributed by atoms with E-state index in [0.717, 1.165) is 44.9 Å². The standard InChI is InChI=1S/C22H32O4/c1-13(23)26-14-7-10-21(3)17-8-9-20(2)16(5-6-18(20)24)15(17)12-22(21,4)19(25)11-14/h14-17H,5-12H2,1-4H3/t14-,15-,16+,17+,20+,21+,22+/m0/s1. The van der Waals surface area contributed by atoms with Crippen LogP contribution in [0.5, 0.6) is 0 Å². The average molecular weight is 360 g/mol. The van der Waals surface area contributed by atoms with Crippen LogP contribution in [0, 0.1) is 34.0 Å². The van der Waals surface area contributed by atoms with Gasteiger partial charge in [0.2, 0.25) is 0 Å². The first kappa shape index (κ1) is 18.2. The van der Waals surface area contributed by atoms with E-state index in [4.69, 9.17) is 4.74 Å². The molecule has 0 aliphatic heterocycles. The number of hydrogen-bond donors (Lipinski definition) is 0. The SMILES string of the molecule is CC(=O)O[C@H]1CC[C@]2(C)[C@@H]3CC[C@@]4(C)C(=O)CC[C@@H]4[C@@H]3C[C@]2(C)C(=O)C1. The summed E-state index contributed by atoms with van der Waals surface area (Å²) in [5.74, 6) is 1.88. The monoisotopic (exact) mass is 360 g/mol. The van der Waals surface area contributed by atoms with Gasteiger partial charge in [0.05, 0.1) is 0 Å². The highest BCUT2D eigenvalue weighted by molar-refractivity contribution is 5.88. The number of carbonyl (C=O) groups is 3. The van der Waals surface area contributed by atoms with Crippen LogP contribution in [0.2, 0.25) is 0 Å². The summed E-state index contributed by atoms with van der Waals surface area (Å²) in [5.41, 5.74) is -0.550. The molecular weight excluding hydrogens is 328 g/mol. The van der Waals surface area contributed by atoms with E-state index in [9.17, 15) is 14.4 Å². The molecule has 0 spiro atoms. The molecule has 4 heteroatoms. The van der Waals surface area contributed by atoms with Crippen molar-refractivity contribution in [2.75, 3.05) is 0 Å². The van der Waals surface area contributed by atoms with Gasteiger partial charge in [-0.25, -0.2) is 0 Å². The molecule has 0 aromatic heterocycles. The van der Waals surface area contributed by atoms with Gasteiger partial charge in [0.1, 0.15) is 17.7 Å². The third kappa shape index (κ3) is 2.23. The zero-order valence-electron chi connectivity index (χ0n) is 16.6. The third-order valence-electron chi connectivity index (χ3n) is 9.22. The van der Waals surface area contributed by atoms with E-state index in [2.05, 4.69) is 20.8 Å². The maximum Gasteiger partial charge on any atom is 0.302 e. The Bertz CT molecular complexity index is 669. The van der Waals surface area contributed by atoms with Crippen LogP contribution in [0.1, 0.15) is 79.1 Å². The van der Waals surface area contributed by atoms with Gasteiger partial charge in [0.25, 0.3) is 0 Å². The van der Waals surface area contributed by atoms with Crippen LogP contribution in [0.25, 0.3) is 0 Å². The average Bonchev–Trinajstić information content (AvgIpc) is 2.95. The number of hydrogen-bond acceptors (Lipinski definition) is 4. The quantitative estimate of drug-likeness (QED) is 0.661. The molecule has 0 amide bonds. The molecule has 0 N–H and O–H groups in total. The Morgan fingerprint density at radius 3 is 2.42 bits per heavy atom. The number of Topliss-reactive ketones (excluding diaryl/α,β-unsaturated/α-hetero) is 2. The van der Waals surface area contributed by atoms with E-state index in [0.29, 0.717) is 30.0 Å². The molecule has 4 nitrogen and oxygen atoms in total. The van der Waals surface area contributed by atoms with Crippen LogP contribution in [-0.2, 0) is 19.1 Å². The van der Waals surface area contributed by atoms with Gasteiger partial charge in [-0.2, -0.15) is 0 Å². The molecule has 144 valence electrons. The second-order valence-corrected chi connectivity index (χ2v) is 10.1. The summed E-state index contributed by atoms with van der Waals surface area (Å²) >= 11 is 0. The summed E-state index contributed by atoms with van der Waals surface area (Å²) in [6.07, 6.45) is 6.48. The lowest BCUT2D eigenvalue weighted by Gasteiger charge is -2.48. The van der Waals surface area contributed by atoms with Crippen molar-refractivity contribution in [1.82, 2.24) is 0 Å². The van der Waals surface area contributed by atoms with Crippen molar-refractivity contribution >= 4 is 17.5 Å². The summed E-state index contributed by atoms with van der Waals surface area (Å²) in [6.45, 7) is 8.08. The largest absolute Gasteiger partial charge is 0.462 e. The van der Waals surface area contributed by atoms with Crippen LogP contribution in [0.4, 0.5) is 0 Å². The predicted molar refractivity (Wildman–Crippen MR) is 97.3 cm³/mol.